The fourth-order valence-corrected chi connectivity index (χ4v) is 6.68. The van der Waals surface area contributed by atoms with Gasteiger partial charge in [0.05, 0.1) is 30.5 Å². The molecule has 0 aliphatic carbocycles. The summed E-state index contributed by atoms with van der Waals surface area (Å²) in [6, 6.07) is 13.2. The molecular formula is C17H23N2O6PS2. The molecule has 11 heteroatoms. The van der Waals surface area contributed by atoms with Crippen molar-refractivity contribution in [1.29, 1.82) is 0 Å². The van der Waals surface area contributed by atoms with Crippen molar-refractivity contribution >= 4 is 39.4 Å². The monoisotopic (exact) mass is 446 g/mol. The lowest BCUT2D eigenvalue weighted by Crippen LogP contribution is -2.35. The molecular weight excluding hydrogens is 423 g/mol. The molecule has 0 aliphatic rings. The van der Waals surface area contributed by atoms with Crippen molar-refractivity contribution in [1.82, 2.24) is 0 Å². The van der Waals surface area contributed by atoms with E-state index in [1.54, 1.807) is 6.92 Å². The largest absolute Gasteiger partial charge is 0.398 e. The zero-order chi connectivity index (χ0) is 21.1. The SMILES string of the molecule is CC(c1cc(N(S(C)(=O)=O)S(C)(=O)=O)ccc1N)[PH](=O)OCc1ccccc1. The maximum Gasteiger partial charge on any atom is 0.245 e. The summed E-state index contributed by atoms with van der Waals surface area (Å²) in [5.74, 6) is 0. The van der Waals surface area contributed by atoms with Crippen molar-refractivity contribution in [3.63, 3.8) is 0 Å². The molecule has 0 aliphatic heterocycles. The summed E-state index contributed by atoms with van der Waals surface area (Å²) in [7, 11) is -10.8. The topological polar surface area (TPSA) is 124 Å². The van der Waals surface area contributed by atoms with Crippen LogP contribution < -0.4 is 9.44 Å². The normalized spacial score (nSPS) is 14.4. The molecule has 0 amide bonds. The zero-order valence-electron chi connectivity index (χ0n) is 15.7. The van der Waals surface area contributed by atoms with Crippen LogP contribution in [0.5, 0.6) is 0 Å². The first kappa shape index (κ1) is 22.4. The lowest BCUT2D eigenvalue weighted by Gasteiger charge is -2.22. The van der Waals surface area contributed by atoms with E-state index in [4.69, 9.17) is 10.3 Å². The third kappa shape index (κ3) is 5.57. The molecule has 0 saturated heterocycles. The van der Waals surface area contributed by atoms with Gasteiger partial charge in [0.1, 0.15) is 0 Å². The van der Waals surface area contributed by atoms with Crippen LogP contribution in [-0.2, 0) is 35.7 Å². The van der Waals surface area contributed by atoms with Gasteiger partial charge in [-0.15, -0.1) is 0 Å². The molecule has 2 rings (SSSR count). The first-order valence-corrected chi connectivity index (χ1v) is 13.3. The Morgan fingerprint density at radius 3 is 2.14 bits per heavy atom. The Bertz CT molecular complexity index is 1040. The first-order valence-electron chi connectivity index (χ1n) is 8.21. The Morgan fingerprint density at radius 2 is 1.61 bits per heavy atom. The van der Waals surface area contributed by atoms with Gasteiger partial charge in [0.2, 0.25) is 20.0 Å². The number of benzene rings is 2. The standard InChI is InChI=1S/C17H23N2O6PS2/c1-13(26(20)25-12-14-7-5-4-6-8-14)16-11-15(9-10-17(16)18)19(27(2,21)22)28(3,23)24/h4-11,13,26H,12,18H2,1-3H3. The quantitative estimate of drug-likeness (QED) is 0.488. The van der Waals surface area contributed by atoms with E-state index in [1.807, 2.05) is 30.3 Å². The minimum absolute atomic E-state index is 0.0982. The van der Waals surface area contributed by atoms with Crippen molar-refractivity contribution in [3.05, 3.63) is 59.7 Å². The Balaban J connectivity index is 2.32. The van der Waals surface area contributed by atoms with Gasteiger partial charge in [-0.3, -0.25) is 4.57 Å². The highest BCUT2D eigenvalue weighted by Gasteiger charge is 2.28. The Hall–Kier alpha value is -1.87. The smallest absolute Gasteiger partial charge is 0.245 e. The van der Waals surface area contributed by atoms with Crippen molar-refractivity contribution in [2.75, 3.05) is 22.0 Å². The molecule has 0 bridgehead atoms. The Labute approximate surface area is 166 Å². The fraction of sp³-hybridized carbons (Fsp3) is 0.294. The molecule has 0 fully saturated rings. The van der Waals surface area contributed by atoms with E-state index in [0.29, 0.717) is 9.27 Å². The second-order valence-corrected chi connectivity index (χ2v) is 12.0. The second-order valence-electron chi connectivity index (χ2n) is 6.35. The van der Waals surface area contributed by atoms with E-state index in [9.17, 15) is 21.4 Å². The van der Waals surface area contributed by atoms with Crippen LogP contribution in [0.2, 0.25) is 0 Å². The number of nitrogen functional groups attached to an aromatic ring is 1. The Morgan fingerprint density at radius 1 is 1.04 bits per heavy atom. The maximum atomic E-state index is 12.6. The Kier molecular flexibility index (Phi) is 6.93. The minimum atomic E-state index is -4.09. The van der Waals surface area contributed by atoms with Crippen LogP contribution in [0.15, 0.2) is 48.5 Å². The minimum Gasteiger partial charge on any atom is -0.398 e. The molecule has 154 valence electrons. The molecule has 28 heavy (non-hydrogen) atoms. The summed E-state index contributed by atoms with van der Waals surface area (Å²) < 4.78 is 66.3. The summed E-state index contributed by atoms with van der Waals surface area (Å²) in [5, 5.41) is 0. The van der Waals surface area contributed by atoms with Crippen LogP contribution in [0.25, 0.3) is 0 Å². The number of rotatable bonds is 8. The third-order valence-corrected chi connectivity index (χ3v) is 8.63. The van der Waals surface area contributed by atoms with Crippen LogP contribution in [0.4, 0.5) is 11.4 Å². The number of anilines is 2. The molecule has 0 saturated carbocycles. The van der Waals surface area contributed by atoms with Crippen LogP contribution in [0.3, 0.4) is 0 Å². The zero-order valence-corrected chi connectivity index (χ0v) is 18.3. The van der Waals surface area contributed by atoms with Crippen LogP contribution in [0, 0.1) is 0 Å². The van der Waals surface area contributed by atoms with Gasteiger partial charge in [0.25, 0.3) is 0 Å². The lowest BCUT2D eigenvalue weighted by atomic mass is 10.1. The summed E-state index contributed by atoms with van der Waals surface area (Å²) in [5.41, 5.74) is 6.69. The van der Waals surface area contributed by atoms with Crippen molar-refractivity contribution < 1.29 is 25.9 Å². The molecule has 2 aromatic rings. The van der Waals surface area contributed by atoms with Crippen LogP contribution >= 0.6 is 8.03 Å². The fourth-order valence-electron chi connectivity index (χ4n) is 2.66. The van der Waals surface area contributed by atoms with Crippen LogP contribution in [-0.4, -0.2) is 29.3 Å². The summed E-state index contributed by atoms with van der Waals surface area (Å²) in [6.45, 7) is 1.79. The third-order valence-electron chi connectivity index (χ3n) is 3.93. The van der Waals surface area contributed by atoms with E-state index in [2.05, 4.69) is 0 Å². The van der Waals surface area contributed by atoms with Gasteiger partial charge in [0.15, 0.2) is 8.03 Å². The number of hydrogen-bond donors (Lipinski definition) is 1. The number of hydrogen-bond acceptors (Lipinski definition) is 7. The van der Waals surface area contributed by atoms with Gasteiger partial charge < -0.3 is 10.3 Å². The highest BCUT2D eigenvalue weighted by Crippen LogP contribution is 2.45. The van der Waals surface area contributed by atoms with Crippen molar-refractivity contribution in [2.24, 2.45) is 0 Å². The molecule has 2 aromatic carbocycles. The van der Waals surface area contributed by atoms with Gasteiger partial charge in [-0.25, -0.2) is 16.8 Å². The van der Waals surface area contributed by atoms with E-state index in [1.165, 1.54) is 18.2 Å². The highest BCUT2D eigenvalue weighted by molar-refractivity contribution is 8.09. The molecule has 0 spiro atoms. The molecule has 2 unspecified atom stereocenters. The average Bonchev–Trinajstić information content (AvgIpc) is 2.59. The van der Waals surface area contributed by atoms with E-state index in [-0.39, 0.29) is 18.0 Å². The van der Waals surface area contributed by atoms with E-state index in [0.717, 1.165) is 18.1 Å². The first-order chi connectivity index (χ1) is 12.9. The van der Waals surface area contributed by atoms with Crippen LogP contribution in [0.1, 0.15) is 23.7 Å². The average molecular weight is 446 g/mol. The summed E-state index contributed by atoms with van der Waals surface area (Å²) in [6.07, 6.45) is 1.58. The van der Waals surface area contributed by atoms with Crippen molar-refractivity contribution in [2.45, 2.75) is 19.2 Å². The highest BCUT2D eigenvalue weighted by atomic mass is 32.3. The molecule has 2 N–H and O–H groups in total. The lowest BCUT2D eigenvalue weighted by molar-refractivity contribution is 0.314. The maximum absolute atomic E-state index is 12.6. The van der Waals surface area contributed by atoms with Gasteiger partial charge in [-0.1, -0.05) is 30.3 Å². The summed E-state index contributed by atoms with van der Waals surface area (Å²) in [4.78, 5) is 0. The molecule has 0 aromatic heterocycles. The molecule has 8 nitrogen and oxygen atoms in total. The van der Waals surface area contributed by atoms with Gasteiger partial charge in [-0.05, 0) is 36.2 Å². The number of nitrogens with zero attached hydrogens (tertiary/aromatic N) is 1. The number of nitrogens with two attached hydrogens (primary N) is 1. The van der Waals surface area contributed by atoms with E-state index >= 15 is 0 Å². The predicted octanol–water partition coefficient (Wildman–Crippen LogP) is 2.75. The van der Waals surface area contributed by atoms with Crippen molar-refractivity contribution in [3.8, 4) is 0 Å². The van der Waals surface area contributed by atoms with Gasteiger partial charge in [0, 0.05) is 5.69 Å². The van der Waals surface area contributed by atoms with E-state index < -0.39 is 33.7 Å². The number of sulfonamides is 2. The summed E-state index contributed by atoms with van der Waals surface area (Å²) >= 11 is 0. The second kappa shape index (κ2) is 8.65. The predicted molar refractivity (Wildman–Crippen MR) is 112 cm³/mol. The van der Waals surface area contributed by atoms with Gasteiger partial charge >= 0.3 is 0 Å². The molecule has 0 heterocycles. The molecule has 0 radical (unpaired) electrons. The molecule has 2 atom stereocenters. The van der Waals surface area contributed by atoms with Gasteiger partial charge in [-0.2, -0.15) is 3.71 Å².